The van der Waals surface area contributed by atoms with Crippen molar-refractivity contribution in [1.82, 2.24) is 14.3 Å². The number of nitrogens with two attached hydrogens (primary N) is 1. The summed E-state index contributed by atoms with van der Waals surface area (Å²) in [5.41, 5.74) is 9.08. The number of pyridine rings is 1. The minimum absolute atomic E-state index is 0.454. The number of hydrogen-bond donors (Lipinski definition) is 2. The van der Waals surface area contributed by atoms with Crippen LogP contribution in [0.2, 0.25) is 0 Å². The highest BCUT2D eigenvalue weighted by molar-refractivity contribution is 7.97. The number of nitrogens with zero attached hydrogens (tertiary/aromatic N) is 4. The van der Waals surface area contributed by atoms with E-state index < -0.39 is 0 Å². The SMILES string of the molecule is Cc1cnc2[nH]c(SN3CCCC3)cc2c1C(N)=NC=NC1CC1. The Labute approximate surface area is 145 Å². The summed E-state index contributed by atoms with van der Waals surface area (Å²) in [6.45, 7) is 4.30. The smallest absolute Gasteiger partial charge is 0.138 e. The first kappa shape index (κ1) is 15.7. The van der Waals surface area contributed by atoms with Crippen LogP contribution in [0.5, 0.6) is 0 Å². The third kappa shape index (κ3) is 3.32. The van der Waals surface area contributed by atoms with Crippen molar-refractivity contribution in [3.05, 3.63) is 23.4 Å². The fraction of sp³-hybridized carbons (Fsp3) is 0.471. The molecule has 6 nitrogen and oxygen atoms in total. The third-order valence-electron chi connectivity index (χ3n) is 4.39. The first-order valence-electron chi connectivity index (χ1n) is 8.47. The molecular weight excluding hydrogens is 320 g/mol. The summed E-state index contributed by atoms with van der Waals surface area (Å²) in [6.07, 6.45) is 8.33. The predicted octanol–water partition coefficient (Wildman–Crippen LogP) is 2.87. The first-order valence-corrected chi connectivity index (χ1v) is 9.24. The van der Waals surface area contributed by atoms with Gasteiger partial charge < -0.3 is 10.7 Å². The van der Waals surface area contributed by atoms with E-state index in [0.717, 1.165) is 40.3 Å². The van der Waals surface area contributed by atoms with E-state index in [4.69, 9.17) is 5.73 Å². The van der Waals surface area contributed by atoms with E-state index in [1.807, 2.05) is 13.1 Å². The largest absolute Gasteiger partial charge is 0.383 e. The van der Waals surface area contributed by atoms with Gasteiger partial charge in [0.15, 0.2) is 0 Å². The summed E-state index contributed by atoms with van der Waals surface area (Å²) in [6, 6.07) is 2.59. The van der Waals surface area contributed by atoms with Crippen LogP contribution in [0, 0.1) is 6.92 Å². The molecule has 1 saturated carbocycles. The molecule has 1 aliphatic carbocycles. The monoisotopic (exact) mass is 342 g/mol. The van der Waals surface area contributed by atoms with Gasteiger partial charge in [-0.25, -0.2) is 14.3 Å². The normalized spacial score (nSPS) is 19.8. The Balaban J connectivity index is 1.65. The van der Waals surface area contributed by atoms with Gasteiger partial charge in [0.05, 0.1) is 11.1 Å². The standard InChI is InChI=1S/C17H22N6S/c1-11-9-19-17-13(8-14(22-17)24-23-6-2-3-7-23)15(11)16(18)21-10-20-12-4-5-12/h8-10,12H,2-7H2,1H3,(H,19,22)(H2,18,20,21). The van der Waals surface area contributed by atoms with E-state index in [-0.39, 0.29) is 0 Å². The second kappa shape index (κ2) is 6.57. The molecule has 0 amide bonds. The minimum Gasteiger partial charge on any atom is -0.383 e. The lowest BCUT2D eigenvalue weighted by atomic mass is 10.1. The number of aryl methyl sites for hydroxylation is 1. The van der Waals surface area contributed by atoms with Gasteiger partial charge in [0, 0.05) is 30.2 Å². The van der Waals surface area contributed by atoms with Crippen LogP contribution in [0.4, 0.5) is 0 Å². The predicted molar refractivity (Wildman–Crippen MR) is 99.7 cm³/mol. The van der Waals surface area contributed by atoms with Crippen molar-refractivity contribution in [2.75, 3.05) is 13.1 Å². The summed E-state index contributed by atoms with van der Waals surface area (Å²) in [5.74, 6) is 0.501. The number of aliphatic imine (C=N–C) groups is 2. The number of fused-ring (bicyclic) bond motifs is 1. The van der Waals surface area contributed by atoms with E-state index >= 15 is 0 Å². The van der Waals surface area contributed by atoms with Gasteiger partial charge >= 0.3 is 0 Å². The van der Waals surface area contributed by atoms with Crippen molar-refractivity contribution in [3.8, 4) is 0 Å². The van der Waals surface area contributed by atoms with Gasteiger partial charge in [0.25, 0.3) is 0 Å². The van der Waals surface area contributed by atoms with Crippen molar-refractivity contribution in [2.45, 2.75) is 43.7 Å². The molecule has 1 aliphatic heterocycles. The molecule has 126 valence electrons. The Hall–Kier alpha value is -1.86. The van der Waals surface area contributed by atoms with Crippen molar-refractivity contribution >= 4 is 35.2 Å². The molecule has 2 aromatic heterocycles. The topological polar surface area (TPSA) is 82.7 Å². The molecule has 2 fully saturated rings. The maximum absolute atomic E-state index is 6.24. The fourth-order valence-electron chi connectivity index (χ4n) is 2.94. The van der Waals surface area contributed by atoms with Crippen molar-refractivity contribution in [3.63, 3.8) is 0 Å². The van der Waals surface area contributed by atoms with Crippen LogP contribution in [-0.4, -0.2) is 45.6 Å². The Bertz CT molecular complexity index is 799. The summed E-state index contributed by atoms with van der Waals surface area (Å²) < 4.78 is 2.39. The third-order valence-corrected chi connectivity index (χ3v) is 5.43. The van der Waals surface area contributed by atoms with Crippen molar-refractivity contribution in [1.29, 1.82) is 0 Å². The molecule has 4 rings (SSSR count). The first-order chi connectivity index (χ1) is 11.7. The minimum atomic E-state index is 0.454. The van der Waals surface area contributed by atoms with E-state index in [1.54, 1.807) is 18.3 Å². The maximum Gasteiger partial charge on any atom is 0.138 e. The highest BCUT2D eigenvalue weighted by Crippen LogP contribution is 2.30. The van der Waals surface area contributed by atoms with Crippen molar-refractivity contribution < 1.29 is 0 Å². The molecule has 3 N–H and O–H groups in total. The lowest BCUT2D eigenvalue weighted by Crippen LogP contribution is -2.15. The maximum atomic E-state index is 6.24. The molecule has 0 atom stereocenters. The number of amidine groups is 1. The summed E-state index contributed by atoms with van der Waals surface area (Å²) in [4.78, 5) is 16.6. The summed E-state index contributed by atoms with van der Waals surface area (Å²) >= 11 is 1.76. The van der Waals surface area contributed by atoms with Gasteiger partial charge in [-0.05, 0) is 56.2 Å². The number of aromatic amines is 1. The number of rotatable bonds is 5. The van der Waals surface area contributed by atoms with E-state index in [0.29, 0.717) is 11.9 Å². The highest BCUT2D eigenvalue weighted by Gasteiger charge is 2.19. The Kier molecular flexibility index (Phi) is 4.28. The average Bonchev–Trinajstić information content (AvgIpc) is 3.07. The lowest BCUT2D eigenvalue weighted by molar-refractivity contribution is 0.585. The van der Waals surface area contributed by atoms with Crippen LogP contribution >= 0.6 is 11.9 Å². The highest BCUT2D eigenvalue weighted by atomic mass is 32.2. The fourth-order valence-corrected chi connectivity index (χ4v) is 3.97. The Morgan fingerprint density at radius 3 is 2.96 bits per heavy atom. The number of nitrogens with one attached hydrogen (secondary N) is 1. The zero-order chi connectivity index (χ0) is 16.5. The second-order valence-electron chi connectivity index (χ2n) is 6.45. The molecule has 0 radical (unpaired) electrons. The average molecular weight is 342 g/mol. The van der Waals surface area contributed by atoms with Crippen LogP contribution in [0.3, 0.4) is 0 Å². The van der Waals surface area contributed by atoms with E-state index in [1.165, 1.54) is 25.7 Å². The van der Waals surface area contributed by atoms with Crippen LogP contribution in [0.15, 0.2) is 27.3 Å². The van der Waals surface area contributed by atoms with Crippen LogP contribution in [0.1, 0.15) is 36.8 Å². The molecule has 0 bridgehead atoms. The van der Waals surface area contributed by atoms with Crippen LogP contribution in [-0.2, 0) is 0 Å². The quantitative estimate of drug-likeness (QED) is 0.497. The molecular formula is C17H22N6S. The Morgan fingerprint density at radius 2 is 2.21 bits per heavy atom. The van der Waals surface area contributed by atoms with Gasteiger partial charge in [-0.1, -0.05) is 0 Å². The molecule has 2 aromatic rings. The molecule has 0 spiro atoms. The second-order valence-corrected chi connectivity index (χ2v) is 7.59. The van der Waals surface area contributed by atoms with E-state index in [2.05, 4.69) is 30.3 Å². The molecule has 7 heteroatoms. The van der Waals surface area contributed by atoms with Gasteiger partial charge in [-0.2, -0.15) is 0 Å². The van der Waals surface area contributed by atoms with Gasteiger partial charge in [0.2, 0.25) is 0 Å². The van der Waals surface area contributed by atoms with E-state index in [9.17, 15) is 0 Å². The molecule has 0 aromatic carbocycles. The molecule has 3 heterocycles. The Morgan fingerprint density at radius 1 is 1.42 bits per heavy atom. The number of H-pyrrole nitrogens is 1. The number of hydrogen-bond acceptors (Lipinski definition) is 4. The number of aromatic nitrogens is 2. The lowest BCUT2D eigenvalue weighted by Gasteiger charge is -2.10. The zero-order valence-corrected chi connectivity index (χ0v) is 14.6. The summed E-state index contributed by atoms with van der Waals surface area (Å²) in [7, 11) is 0. The summed E-state index contributed by atoms with van der Waals surface area (Å²) in [5, 5.41) is 2.13. The van der Waals surface area contributed by atoms with Crippen LogP contribution in [0.25, 0.3) is 11.0 Å². The van der Waals surface area contributed by atoms with Gasteiger partial charge in [-0.3, -0.25) is 4.99 Å². The van der Waals surface area contributed by atoms with Gasteiger partial charge in [0.1, 0.15) is 17.8 Å². The van der Waals surface area contributed by atoms with Gasteiger partial charge in [-0.15, -0.1) is 0 Å². The molecule has 0 unspecified atom stereocenters. The molecule has 1 saturated heterocycles. The molecule has 24 heavy (non-hydrogen) atoms. The molecule has 2 aliphatic rings. The van der Waals surface area contributed by atoms with Crippen molar-refractivity contribution in [2.24, 2.45) is 15.7 Å². The zero-order valence-electron chi connectivity index (χ0n) is 13.8. The van der Waals surface area contributed by atoms with Crippen LogP contribution < -0.4 is 5.73 Å².